The quantitative estimate of drug-likeness (QED) is 0.215. The van der Waals surface area contributed by atoms with E-state index in [1.54, 1.807) is 6.08 Å². The SMILES string of the molecule is CC(C)c1ccc(C2=N/C(=C\c3ccccc3OCc3cccc(I)c3)C(=O)O2)cc1. The van der Waals surface area contributed by atoms with Crippen molar-refractivity contribution in [1.82, 2.24) is 0 Å². The number of carbonyl (C=O) groups is 1. The lowest BCUT2D eigenvalue weighted by Crippen LogP contribution is -2.05. The molecule has 156 valence electrons. The average molecular weight is 523 g/mol. The van der Waals surface area contributed by atoms with Crippen LogP contribution in [0.15, 0.2) is 83.5 Å². The minimum Gasteiger partial charge on any atom is -0.488 e. The van der Waals surface area contributed by atoms with E-state index < -0.39 is 5.97 Å². The van der Waals surface area contributed by atoms with E-state index in [1.165, 1.54) is 5.56 Å². The molecule has 0 amide bonds. The molecule has 1 aliphatic heterocycles. The molecule has 5 heteroatoms. The van der Waals surface area contributed by atoms with Crippen LogP contribution in [0.25, 0.3) is 6.08 Å². The van der Waals surface area contributed by atoms with Gasteiger partial charge in [0, 0.05) is 14.7 Å². The van der Waals surface area contributed by atoms with E-state index in [4.69, 9.17) is 9.47 Å². The van der Waals surface area contributed by atoms with E-state index in [0.29, 0.717) is 24.2 Å². The maximum atomic E-state index is 12.4. The summed E-state index contributed by atoms with van der Waals surface area (Å²) in [6.07, 6.45) is 1.71. The summed E-state index contributed by atoms with van der Waals surface area (Å²) in [4.78, 5) is 16.8. The Morgan fingerprint density at radius 3 is 2.55 bits per heavy atom. The molecule has 3 aromatic rings. The predicted molar refractivity (Wildman–Crippen MR) is 131 cm³/mol. The van der Waals surface area contributed by atoms with Crippen molar-refractivity contribution in [3.63, 3.8) is 0 Å². The number of aliphatic imine (C=N–C) groups is 1. The van der Waals surface area contributed by atoms with Gasteiger partial charge >= 0.3 is 5.97 Å². The molecule has 0 aromatic heterocycles. The van der Waals surface area contributed by atoms with Crippen LogP contribution in [-0.4, -0.2) is 11.9 Å². The fraction of sp³-hybridized carbons (Fsp3) is 0.154. The smallest absolute Gasteiger partial charge is 0.363 e. The van der Waals surface area contributed by atoms with E-state index in [2.05, 4.69) is 47.5 Å². The number of hydrogen-bond donors (Lipinski definition) is 0. The van der Waals surface area contributed by atoms with Crippen molar-refractivity contribution < 1.29 is 14.3 Å². The Labute approximate surface area is 195 Å². The normalized spacial score (nSPS) is 14.6. The number of para-hydroxylation sites is 1. The van der Waals surface area contributed by atoms with Crippen molar-refractivity contribution in [1.29, 1.82) is 0 Å². The van der Waals surface area contributed by atoms with Gasteiger partial charge in [0.25, 0.3) is 0 Å². The zero-order chi connectivity index (χ0) is 21.8. The first-order valence-corrected chi connectivity index (χ1v) is 11.2. The first kappa shape index (κ1) is 21.3. The molecule has 0 fully saturated rings. The number of carbonyl (C=O) groups excluding carboxylic acids is 1. The second-order valence-corrected chi connectivity index (χ2v) is 8.81. The minimum atomic E-state index is -0.463. The average Bonchev–Trinajstić information content (AvgIpc) is 3.13. The molecule has 4 rings (SSSR count). The molecular weight excluding hydrogens is 501 g/mol. The van der Waals surface area contributed by atoms with Crippen LogP contribution in [0.3, 0.4) is 0 Å². The number of esters is 1. The Hall–Kier alpha value is -2.93. The van der Waals surface area contributed by atoms with Crippen LogP contribution in [0.1, 0.15) is 42.0 Å². The highest BCUT2D eigenvalue weighted by atomic mass is 127. The standard InChI is InChI=1S/C26H22INO3/c1-17(2)19-10-12-20(13-11-19)25-28-23(26(29)31-25)15-21-7-3-4-9-24(21)30-16-18-6-5-8-22(27)14-18/h3-15,17H,16H2,1-2H3/b23-15-. The van der Waals surface area contributed by atoms with Crippen molar-refractivity contribution in [2.45, 2.75) is 26.4 Å². The summed E-state index contributed by atoms with van der Waals surface area (Å²) in [6, 6.07) is 23.7. The molecule has 3 aromatic carbocycles. The van der Waals surface area contributed by atoms with Crippen molar-refractivity contribution in [2.24, 2.45) is 4.99 Å². The number of hydrogen-bond acceptors (Lipinski definition) is 4. The molecule has 1 aliphatic rings. The molecule has 0 spiro atoms. The fourth-order valence-corrected chi connectivity index (χ4v) is 3.82. The van der Waals surface area contributed by atoms with E-state index in [1.807, 2.05) is 66.7 Å². The molecule has 0 N–H and O–H groups in total. The Bertz CT molecular complexity index is 1160. The highest BCUT2D eigenvalue weighted by Gasteiger charge is 2.24. The second-order valence-electron chi connectivity index (χ2n) is 7.57. The molecule has 0 unspecified atom stereocenters. The van der Waals surface area contributed by atoms with Gasteiger partial charge in [-0.05, 0) is 76.0 Å². The second kappa shape index (κ2) is 9.47. The van der Waals surface area contributed by atoms with Crippen LogP contribution in [0.4, 0.5) is 0 Å². The number of ether oxygens (including phenoxy) is 2. The molecule has 1 heterocycles. The fourth-order valence-electron chi connectivity index (χ4n) is 3.21. The van der Waals surface area contributed by atoms with Crippen LogP contribution in [0.5, 0.6) is 5.75 Å². The summed E-state index contributed by atoms with van der Waals surface area (Å²) in [5, 5.41) is 0. The maximum Gasteiger partial charge on any atom is 0.363 e. The lowest BCUT2D eigenvalue weighted by molar-refractivity contribution is -0.129. The first-order valence-electron chi connectivity index (χ1n) is 10.1. The first-order chi connectivity index (χ1) is 15.0. The summed E-state index contributed by atoms with van der Waals surface area (Å²) >= 11 is 2.28. The number of cyclic esters (lactones) is 1. The van der Waals surface area contributed by atoms with Gasteiger partial charge in [0.1, 0.15) is 12.4 Å². The number of halogens is 1. The molecule has 0 bridgehead atoms. The van der Waals surface area contributed by atoms with Crippen molar-refractivity contribution >= 4 is 40.5 Å². The molecule has 0 atom stereocenters. The predicted octanol–water partition coefficient (Wildman–Crippen LogP) is 6.34. The van der Waals surface area contributed by atoms with Crippen LogP contribution in [-0.2, 0) is 16.1 Å². The third-order valence-corrected chi connectivity index (χ3v) is 5.61. The van der Waals surface area contributed by atoms with Gasteiger partial charge in [-0.3, -0.25) is 0 Å². The number of nitrogens with zero attached hydrogens (tertiary/aromatic N) is 1. The zero-order valence-electron chi connectivity index (χ0n) is 17.3. The van der Waals surface area contributed by atoms with Gasteiger partial charge in [-0.2, -0.15) is 0 Å². The minimum absolute atomic E-state index is 0.258. The van der Waals surface area contributed by atoms with Gasteiger partial charge in [-0.15, -0.1) is 0 Å². The molecule has 31 heavy (non-hydrogen) atoms. The van der Waals surface area contributed by atoms with Gasteiger partial charge < -0.3 is 9.47 Å². The highest BCUT2D eigenvalue weighted by molar-refractivity contribution is 14.1. The lowest BCUT2D eigenvalue weighted by atomic mass is 10.0. The van der Waals surface area contributed by atoms with Crippen LogP contribution in [0, 0.1) is 3.57 Å². The van der Waals surface area contributed by atoms with Gasteiger partial charge in [0.2, 0.25) is 5.90 Å². The Balaban J connectivity index is 1.56. The summed E-state index contributed by atoms with van der Waals surface area (Å²) in [7, 11) is 0. The maximum absolute atomic E-state index is 12.4. The highest BCUT2D eigenvalue weighted by Crippen LogP contribution is 2.26. The molecule has 4 nitrogen and oxygen atoms in total. The lowest BCUT2D eigenvalue weighted by Gasteiger charge is -2.09. The molecule has 0 aliphatic carbocycles. The van der Waals surface area contributed by atoms with Crippen LogP contribution in [0.2, 0.25) is 0 Å². The van der Waals surface area contributed by atoms with Crippen molar-refractivity contribution in [2.75, 3.05) is 0 Å². The molecule has 0 saturated carbocycles. The van der Waals surface area contributed by atoms with Crippen molar-refractivity contribution in [3.05, 3.63) is 104 Å². The third kappa shape index (κ3) is 5.22. The number of rotatable bonds is 6. The van der Waals surface area contributed by atoms with Gasteiger partial charge in [0.05, 0.1) is 0 Å². The van der Waals surface area contributed by atoms with Crippen molar-refractivity contribution in [3.8, 4) is 5.75 Å². The molecule has 0 saturated heterocycles. The monoisotopic (exact) mass is 523 g/mol. The van der Waals surface area contributed by atoms with Gasteiger partial charge in [0.15, 0.2) is 5.70 Å². The van der Waals surface area contributed by atoms with E-state index in [-0.39, 0.29) is 5.70 Å². The van der Waals surface area contributed by atoms with E-state index in [0.717, 1.165) is 20.3 Å². The van der Waals surface area contributed by atoms with E-state index >= 15 is 0 Å². The van der Waals surface area contributed by atoms with Gasteiger partial charge in [-0.1, -0.05) is 56.3 Å². The van der Waals surface area contributed by atoms with Crippen LogP contribution < -0.4 is 4.74 Å². The van der Waals surface area contributed by atoms with Crippen LogP contribution >= 0.6 is 22.6 Å². The molecule has 0 radical (unpaired) electrons. The summed E-state index contributed by atoms with van der Waals surface area (Å²) in [5.41, 5.74) is 4.13. The Morgan fingerprint density at radius 1 is 1.03 bits per heavy atom. The summed E-state index contributed by atoms with van der Waals surface area (Å²) in [6.45, 7) is 4.72. The largest absolute Gasteiger partial charge is 0.488 e. The molecular formula is C26H22INO3. The topological polar surface area (TPSA) is 47.9 Å². The number of benzene rings is 3. The van der Waals surface area contributed by atoms with E-state index in [9.17, 15) is 4.79 Å². The van der Waals surface area contributed by atoms with Gasteiger partial charge in [-0.25, -0.2) is 9.79 Å². The third-order valence-electron chi connectivity index (χ3n) is 4.94. The zero-order valence-corrected chi connectivity index (χ0v) is 19.5. The summed E-state index contributed by atoms with van der Waals surface area (Å²) in [5.74, 6) is 0.985. The Kier molecular flexibility index (Phi) is 6.51. The Morgan fingerprint density at radius 2 is 1.81 bits per heavy atom. The summed E-state index contributed by atoms with van der Waals surface area (Å²) < 4.78 is 12.6.